The maximum absolute atomic E-state index is 11.8. The number of carbonyl (C=O) groups is 1. The van der Waals surface area contributed by atoms with Crippen molar-refractivity contribution >= 4 is 42.1 Å². The lowest BCUT2D eigenvalue weighted by molar-refractivity contribution is -0.117. The number of nitrogens with zero attached hydrogens (tertiary/aromatic N) is 1. The zero-order valence-electron chi connectivity index (χ0n) is 11.6. The first-order valence-corrected chi connectivity index (χ1v) is 9.82. The van der Waals surface area contributed by atoms with Crippen LogP contribution in [0.25, 0.3) is 0 Å². The first-order chi connectivity index (χ1) is 9.86. The summed E-state index contributed by atoms with van der Waals surface area (Å²) in [6, 6.07) is 0. The number of aromatic nitrogens is 1. The highest BCUT2D eigenvalue weighted by Crippen LogP contribution is 2.29. The Morgan fingerprint density at radius 2 is 2.29 bits per heavy atom. The predicted octanol–water partition coefficient (Wildman–Crippen LogP) is 2.67. The van der Waals surface area contributed by atoms with Crippen LogP contribution in [0.15, 0.2) is 4.21 Å². The van der Waals surface area contributed by atoms with E-state index in [-0.39, 0.29) is 21.4 Å². The van der Waals surface area contributed by atoms with Gasteiger partial charge in [0, 0.05) is 23.7 Å². The Kier molecular flexibility index (Phi) is 5.59. The van der Waals surface area contributed by atoms with E-state index in [4.69, 9.17) is 15.4 Å². The number of amides is 1. The fraction of sp³-hybridized carbons (Fsp3) is 0.667. The Morgan fingerprint density at radius 3 is 2.86 bits per heavy atom. The van der Waals surface area contributed by atoms with E-state index in [2.05, 4.69) is 10.3 Å². The van der Waals surface area contributed by atoms with Gasteiger partial charge in [-0.15, -0.1) is 0 Å². The number of aryl methyl sites for hydroxylation is 1. The topological polar surface area (TPSA) is 85.4 Å². The van der Waals surface area contributed by atoms with Crippen molar-refractivity contribution in [3.63, 3.8) is 0 Å². The lowest BCUT2D eigenvalue weighted by atomic mass is 10.0. The van der Waals surface area contributed by atoms with E-state index in [1.165, 1.54) is 6.92 Å². The Bertz CT molecular complexity index is 609. The smallest absolute Gasteiger partial charge is 0.272 e. The Balaban J connectivity index is 1.88. The lowest BCUT2D eigenvalue weighted by Crippen LogP contribution is -2.21. The van der Waals surface area contributed by atoms with Crippen LogP contribution >= 0.6 is 22.0 Å². The molecule has 0 spiro atoms. The van der Waals surface area contributed by atoms with Crippen molar-refractivity contribution < 1.29 is 17.9 Å². The molecule has 1 N–H and O–H groups in total. The molecular formula is C12H17ClN2O4S2. The minimum atomic E-state index is -3.82. The number of nitrogens with one attached hydrogen (secondary N) is 1. The van der Waals surface area contributed by atoms with Gasteiger partial charge < -0.3 is 10.1 Å². The molecule has 0 saturated carbocycles. The summed E-state index contributed by atoms with van der Waals surface area (Å²) in [7, 11) is 1.47. The number of hydrogen-bond donors (Lipinski definition) is 1. The summed E-state index contributed by atoms with van der Waals surface area (Å²) in [5.41, 5.74) is 0.293. The highest BCUT2D eigenvalue weighted by atomic mass is 35.7. The minimum Gasteiger partial charge on any atom is -0.378 e. The predicted molar refractivity (Wildman–Crippen MR) is 81.3 cm³/mol. The molecule has 0 radical (unpaired) electrons. The second-order valence-corrected chi connectivity index (χ2v) is 8.67. The maximum atomic E-state index is 11.8. The Labute approximate surface area is 132 Å². The third-order valence-corrected chi connectivity index (χ3v) is 6.44. The molecule has 9 heteroatoms. The first kappa shape index (κ1) is 16.7. The fourth-order valence-electron chi connectivity index (χ4n) is 2.17. The van der Waals surface area contributed by atoms with Gasteiger partial charge in [-0.1, -0.05) is 11.3 Å². The molecule has 0 aromatic carbocycles. The van der Waals surface area contributed by atoms with Crippen LogP contribution in [-0.4, -0.2) is 32.0 Å². The second-order valence-electron chi connectivity index (χ2n) is 4.91. The maximum Gasteiger partial charge on any atom is 0.272 e. The van der Waals surface area contributed by atoms with Crippen LogP contribution in [0.4, 0.5) is 5.13 Å². The van der Waals surface area contributed by atoms with Crippen LogP contribution in [0, 0.1) is 6.92 Å². The number of carbonyl (C=O) groups excluding carboxylic acids is 1. The number of anilines is 1. The van der Waals surface area contributed by atoms with Gasteiger partial charge in [-0.2, -0.15) is 0 Å². The molecule has 1 aliphatic rings. The Hall–Kier alpha value is -0.700. The van der Waals surface area contributed by atoms with Crippen LogP contribution in [0.3, 0.4) is 0 Å². The Morgan fingerprint density at radius 1 is 1.52 bits per heavy atom. The first-order valence-electron chi connectivity index (χ1n) is 6.70. The summed E-state index contributed by atoms with van der Waals surface area (Å²) in [6.45, 7) is 2.30. The molecule has 6 nitrogen and oxygen atoms in total. The fourth-order valence-corrected chi connectivity index (χ4v) is 4.54. The van der Waals surface area contributed by atoms with Crippen molar-refractivity contribution in [1.82, 2.24) is 4.98 Å². The molecule has 0 bridgehead atoms. The van der Waals surface area contributed by atoms with Crippen LogP contribution in [-0.2, 0) is 18.6 Å². The van der Waals surface area contributed by atoms with Gasteiger partial charge in [-0.3, -0.25) is 4.79 Å². The molecule has 1 unspecified atom stereocenters. The third kappa shape index (κ3) is 4.91. The van der Waals surface area contributed by atoms with E-state index in [1.807, 2.05) is 0 Å². The van der Waals surface area contributed by atoms with E-state index in [0.717, 1.165) is 37.2 Å². The van der Waals surface area contributed by atoms with Gasteiger partial charge >= 0.3 is 0 Å². The monoisotopic (exact) mass is 352 g/mol. The summed E-state index contributed by atoms with van der Waals surface area (Å²) in [4.78, 5) is 15.8. The molecule has 1 aromatic heterocycles. The van der Waals surface area contributed by atoms with Crippen molar-refractivity contribution in [3.05, 3.63) is 5.69 Å². The molecule has 0 aliphatic carbocycles. The standard InChI is InChI=1S/C12H17ClN2O4S2/c1-8-11(21(13,17)18)20-12(14-8)15-10(16)6-5-9-4-2-3-7-19-9/h9H,2-7H2,1H3,(H,14,15,16). The average Bonchev–Trinajstić information content (AvgIpc) is 2.78. The molecule has 2 rings (SSSR count). The van der Waals surface area contributed by atoms with Crippen LogP contribution in [0.5, 0.6) is 0 Å². The third-order valence-electron chi connectivity index (χ3n) is 3.19. The highest BCUT2D eigenvalue weighted by Gasteiger charge is 2.21. The molecule has 118 valence electrons. The summed E-state index contributed by atoms with van der Waals surface area (Å²) in [5.74, 6) is -0.198. The van der Waals surface area contributed by atoms with Gasteiger partial charge in [0.2, 0.25) is 5.91 Å². The van der Waals surface area contributed by atoms with E-state index < -0.39 is 9.05 Å². The summed E-state index contributed by atoms with van der Waals surface area (Å²) in [6.07, 6.45) is 4.33. The molecule has 2 heterocycles. The molecule has 1 aliphatic heterocycles. The van der Waals surface area contributed by atoms with Crippen LogP contribution < -0.4 is 5.32 Å². The number of thiazole rings is 1. The molecule has 1 saturated heterocycles. The van der Waals surface area contributed by atoms with E-state index in [9.17, 15) is 13.2 Å². The molecule has 1 amide bonds. The van der Waals surface area contributed by atoms with Gasteiger partial charge in [-0.05, 0) is 32.6 Å². The van der Waals surface area contributed by atoms with E-state index in [1.54, 1.807) is 0 Å². The van der Waals surface area contributed by atoms with Gasteiger partial charge in [0.25, 0.3) is 9.05 Å². The summed E-state index contributed by atoms with van der Waals surface area (Å²) < 4.78 is 28.1. The summed E-state index contributed by atoms with van der Waals surface area (Å²) in [5, 5.41) is 2.86. The molecule has 1 atom stereocenters. The van der Waals surface area contributed by atoms with Gasteiger partial charge in [0.1, 0.15) is 0 Å². The van der Waals surface area contributed by atoms with Crippen LogP contribution in [0.2, 0.25) is 0 Å². The van der Waals surface area contributed by atoms with Crippen molar-refractivity contribution in [2.24, 2.45) is 0 Å². The van der Waals surface area contributed by atoms with Crippen LogP contribution in [0.1, 0.15) is 37.8 Å². The quantitative estimate of drug-likeness (QED) is 0.823. The zero-order chi connectivity index (χ0) is 15.5. The van der Waals surface area contributed by atoms with Gasteiger partial charge in [0.15, 0.2) is 9.34 Å². The molecule has 21 heavy (non-hydrogen) atoms. The van der Waals surface area contributed by atoms with Crippen molar-refractivity contribution in [3.8, 4) is 0 Å². The van der Waals surface area contributed by atoms with E-state index >= 15 is 0 Å². The van der Waals surface area contributed by atoms with Crippen molar-refractivity contribution in [2.75, 3.05) is 11.9 Å². The number of hydrogen-bond acceptors (Lipinski definition) is 6. The minimum absolute atomic E-state index is 0.0323. The molecule has 1 fully saturated rings. The zero-order valence-corrected chi connectivity index (χ0v) is 14.0. The van der Waals surface area contributed by atoms with Gasteiger partial charge in [0.05, 0.1) is 11.8 Å². The number of rotatable bonds is 5. The van der Waals surface area contributed by atoms with Gasteiger partial charge in [-0.25, -0.2) is 13.4 Å². The van der Waals surface area contributed by atoms with Crippen molar-refractivity contribution in [1.29, 1.82) is 0 Å². The summed E-state index contributed by atoms with van der Waals surface area (Å²) >= 11 is 0.862. The number of ether oxygens (including phenoxy) is 1. The molecule has 1 aromatic rings. The van der Waals surface area contributed by atoms with E-state index in [0.29, 0.717) is 18.5 Å². The van der Waals surface area contributed by atoms with Crippen molar-refractivity contribution in [2.45, 2.75) is 49.3 Å². The SMILES string of the molecule is Cc1nc(NC(=O)CCC2CCCCO2)sc1S(=O)(=O)Cl. The molecular weight excluding hydrogens is 336 g/mol. The largest absolute Gasteiger partial charge is 0.378 e. The second kappa shape index (κ2) is 7.04. The lowest BCUT2D eigenvalue weighted by Gasteiger charge is -2.21. The highest BCUT2D eigenvalue weighted by molar-refractivity contribution is 8.15. The number of halogens is 1. The average molecular weight is 353 g/mol. The normalized spacial score (nSPS) is 19.4.